The molecule has 0 aliphatic rings. The van der Waals surface area contributed by atoms with Gasteiger partial charge in [-0.05, 0) is 28.8 Å². The fourth-order valence-corrected chi connectivity index (χ4v) is 2.34. The second kappa shape index (κ2) is 6.47. The first-order chi connectivity index (χ1) is 10.4. The summed E-state index contributed by atoms with van der Waals surface area (Å²) >= 11 is 0. The van der Waals surface area contributed by atoms with Crippen LogP contribution in [-0.2, 0) is 4.79 Å². The van der Waals surface area contributed by atoms with E-state index >= 15 is 0 Å². The predicted octanol–water partition coefficient (Wildman–Crippen LogP) is 2.65. The van der Waals surface area contributed by atoms with E-state index in [0.29, 0.717) is 11.3 Å². The summed E-state index contributed by atoms with van der Waals surface area (Å²) in [6.45, 7) is 3.75. The topological polar surface area (TPSA) is 92.4 Å². The van der Waals surface area contributed by atoms with E-state index in [0.717, 1.165) is 10.8 Å². The monoisotopic (exact) mass is 300 g/mol. The minimum Gasteiger partial charge on any atom is -0.481 e. The SMILES string of the molecule is CC(C)[C@@H](CC(=O)O)NC(=O)c1cc2ccccc2cc1N. The van der Waals surface area contributed by atoms with E-state index < -0.39 is 12.0 Å². The third kappa shape index (κ3) is 3.55. The molecule has 22 heavy (non-hydrogen) atoms. The molecule has 0 radical (unpaired) electrons. The first kappa shape index (κ1) is 15.8. The Morgan fingerprint density at radius 2 is 1.77 bits per heavy atom. The summed E-state index contributed by atoms with van der Waals surface area (Å²) in [7, 11) is 0. The normalized spacial score (nSPS) is 12.3. The highest BCUT2D eigenvalue weighted by Gasteiger charge is 2.21. The number of amides is 1. The average Bonchev–Trinajstić information content (AvgIpc) is 2.45. The van der Waals surface area contributed by atoms with Crippen molar-refractivity contribution in [3.63, 3.8) is 0 Å². The summed E-state index contributed by atoms with van der Waals surface area (Å²) in [6, 6.07) is 10.7. The molecule has 0 aliphatic heterocycles. The van der Waals surface area contributed by atoms with Gasteiger partial charge in [-0.2, -0.15) is 0 Å². The van der Waals surface area contributed by atoms with Crippen molar-refractivity contribution in [2.75, 3.05) is 5.73 Å². The van der Waals surface area contributed by atoms with E-state index in [1.807, 2.05) is 38.1 Å². The van der Waals surface area contributed by atoms with Crippen LogP contribution in [0.1, 0.15) is 30.6 Å². The maximum absolute atomic E-state index is 12.4. The molecule has 0 aromatic heterocycles. The summed E-state index contributed by atoms with van der Waals surface area (Å²) in [5.41, 5.74) is 6.72. The van der Waals surface area contributed by atoms with Crippen LogP contribution in [0.2, 0.25) is 0 Å². The second-order valence-electron chi connectivity index (χ2n) is 5.71. The Morgan fingerprint density at radius 1 is 1.18 bits per heavy atom. The number of nitrogen functional groups attached to an aromatic ring is 1. The molecule has 0 saturated carbocycles. The largest absolute Gasteiger partial charge is 0.481 e. The number of fused-ring (bicyclic) bond motifs is 1. The van der Waals surface area contributed by atoms with E-state index in [1.165, 1.54) is 0 Å². The predicted molar refractivity (Wildman–Crippen MR) is 86.7 cm³/mol. The van der Waals surface area contributed by atoms with Crippen molar-refractivity contribution in [3.8, 4) is 0 Å². The smallest absolute Gasteiger partial charge is 0.305 e. The molecular weight excluding hydrogens is 280 g/mol. The van der Waals surface area contributed by atoms with Crippen LogP contribution in [0.5, 0.6) is 0 Å². The van der Waals surface area contributed by atoms with Gasteiger partial charge < -0.3 is 16.2 Å². The van der Waals surface area contributed by atoms with Crippen LogP contribution < -0.4 is 11.1 Å². The molecular formula is C17H20N2O3. The van der Waals surface area contributed by atoms with Crippen LogP contribution in [0, 0.1) is 5.92 Å². The zero-order valence-electron chi connectivity index (χ0n) is 12.7. The summed E-state index contributed by atoms with van der Waals surface area (Å²) in [6.07, 6.45) is -0.114. The van der Waals surface area contributed by atoms with Crippen LogP contribution in [0.15, 0.2) is 36.4 Å². The lowest BCUT2D eigenvalue weighted by atomic mass is 9.99. The van der Waals surface area contributed by atoms with Gasteiger partial charge in [-0.25, -0.2) is 0 Å². The van der Waals surface area contributed by atoms with Gasteiger partial charge >= 0.3 is 5.97 Å². The number of nitrogens with one attached hydrogen (secondary N) is 1. The summed E-state index contributed by atoms with van der Waals surface area (Å²) in [4.78, 5) is 23.3. The number of rotatable bonds is 5. The average molecular weight is 300 g/mol. The van der Waals surface area contributed by atoms with Gasteiger partial charge in [-0.1, -0.05) is 38.1 Å². The molecule has 1 amide bonds. The Morgan fingerprint density at radius 3 is 2.32 bits per heavy atom. The number of carbonyl (C=O) groups is 2. The molecule has 0 spiro atoms. The van der Waals surface area contributed by atoms with Gasteiger partial charge in [-0.3, -0.25) is 9.59 Å². The lowest BCUT2D eigenvalue weighted by molar-refractivity contribution is -0.137. The van der Waals surface area contributed by atoms with Gasteiger partial charge in [0.15, 0.2) is 0 Å². The van der Waals surface area contributed by atoms with Crippen LogP contribution in [0.4, 0.5) is 5.69 Å². The molecule has 0 heterocycles. The molecule has 0 fully saturated rings. The summed E-state index contributed by atoms with van der Waals surface area (Å²) in [5.74, 6) is -1.27. The highest BCUT2D eigenvalue weighted by Crippen LogP contribution is 2.22. The first-order valence-corrected chi connectivity index (χ1v) is 7.19. The fourth-order valence-electron chi connectivity index (χ4n) is 2.34. The zero-order chi connectivity index (χ0) is 16.3. The summed E-state index contributed by atoms with van der Waals surface area (Å²) in [5, 5.41) is 13.6. The van der Waals surface area contributed by atoms with Crippen LogP contribution >= 0.6 is 0 Å². The second-order valence-corrected chi connectivity index (χ2v) is 5.71. The van der Waals surface area contributed by atoms with Gasteiger partial charge in [0.1, 0.15) is 0 Å². The number of carbonyl (C=O) groups excluding carboxylic acids is 1. The summed E-state index contributed by atoms with van der Waals surface area (Å²) < 4.78 is 0. The molecule has 1 atom stereocenters. The van der Waals surface area contributed by atoms with Gasteiger partial charge in [-0.15, -0.1) is 0 Å². The molecule has 4 N–H and O–H groups in total. The number of benzene rings is 2. The third-order valence-electron chi connectivity index (χ3n) is 3.68. The van der Waals surface area contributed by atoms with Gasteiger partial charge in [0, 0.05) is 11.7 Å². The molecule has 2 aromatic carbocycles. The molecule has 5 nitrogen and oxygen atoms in total. The van der Waals surface area contributed by atoms with Crippen molar-refractivity contribution < 1.29 is 14.7 Å². The Labute approximate surface area is 129 Å². The number of carboxylic acid groups (broad SMARTS) is 1. The highest BCUT2D eigenvalue weighted by molar-refractivity contribution is 6.04. The van der Waals surface area contributed by atoms with E-state index in [4.69, 9.17) is 10.8 Å². The standard InChI is InChI=1S/C17H20N2O3/c1-10(2)15(9-16(20)21)19-17(22)13-7-11-5-3-4-6-12(11)8-14(13)18/h3-8,10,15H,9,18H2,1-2H3,(H,19,22)(H,20,21)/t15-/m1/s1. The molecule has 0 aliphatic carbocycles. The fraction of sp³-hybridized carbons (Fsp3) is 0.294. The van der Waals surface area contributed by atoms with Crippen molar-refractivity contribution in [2.24, 2.45) is 5.92 Å². The van der Waals surface area contributed by atoms with Crippen LogP contribution in [0.3, 0.4) is 0 Å². The van der Waals surface area contributed by atoms with E-state index in [1.54, 1.807) is 12.1 Å². The maximum atomic E-state index is 12.4. The van der Waals surface area contributed by atoms with Crippen molar-refractivity contribution in [2.45, 2.75) is 26.3 Å². The number of anilines is 1. The molecule has 5 heteroatoms. The number of nitrogens with two attached hydrogens (primary N) is 1. The van der Waals surface area contributed by atoms with Crippen molar-refractivity contribution in [1.82, 2.24) is 5.32 Å². The Balaban J connectivity index is 2.28. The Bertz CT molecular complexity index is 710. The molecule has 116 valence electrons. The van der Waals surface area contributed by atoms with Crippen molar-refractivity contribution in [3.05, 3.63) is 42.0 Å². The number of hydrogen-bond acceptors (Lipinski definition) is 3. The molecule has 0 bridgehead atoms. The lowest BCUT2D eigenvalue weighted by Gasteiger charge is -2.21. The Hall–Kier alpha value is -2.56. The van der Waals surface area contributed by atoms with Crippen molar-refractivity contribution >= 4 is 28.3 Å². The van der Waals surface area contributed by atoms with Crippen molar-refractivity contribution in [1.29, 1.82) is 0 Å². The van der Waals surface area contributed by atoms with Gasteiger partial charge in [0.05, 0.1) is 12.0 Å². The first-order valence-electron chi connectivity index (χ1n) is 7.19. The Kier molecular flexibility index (Phi) is 4.65. The minimum atomic E-state index is -0.939. The molecule has 0 saturated heterocycles. The number of aliphatic carboxylic acids is 1. The molecule has 2 rings (SSSR count). The number of hydrogen-bond donors (Lipinski definition) is 3. The van der Waals surface area contributed by atoms with Gasteiger partial charge in [0.2, 0.25) is 0 Å². The minimum absolute atomic E-state index is 0.0155. The number of carboxylic acids is 1. The van der Waals surface area contributed by atoms with Crippen LogP contribution in [-0.4, -0.2) is 23.0 Å². The van der Waals surface area contributed by atoms with E-state index in [2.05, 4.69) is 5.32 Å². The maximum Gasteiger partial charge on any atom is 0.305 e. The quantitative estimate of drug-likeness (QED) is 0.740. The molecule has 0 unspecified atom stereocenters. The van der Waals surface area contributed by atoms with Crippen LogP contribution in [0.25, 0.3) is 10.8 Å². The highest BCUT2D eigenvalue weighted by atomic mass is 16.4. The van der Waals surface area contributed by atoms with Gasteiger partial charge in [0.25, 0.3) is 5.91 Å². The third-order valence-corrected chi connectivity index (χ3v) is 3.68. The molecule has 2 aromatic rings. The van der Waals surface area contributed by atoms with E-state index in [9.17, 15) is 9.59 Å². The zero-order valence-corrected chi connectivity index (χ0v) is 12.7. The lowest BCUT2D eigenvalue weighted by Crippen LogP contribution is -2.40. The van der Waals surface area contributed by atoms with E-state index in [-0.39, 0.29) is 18.2 Å².